The number of carbonyl (C=O) groups excluding carboxylic acids is 4. The van der Waals surface area contributed by atoms with E-state index in [1.807, 2.05) is 37.3 Å². The maximum atomic E-state index is 13.1. The molecule has 0 bridgehead atoms. The van der Waals surface area contributed by atoms with Crippen molar-refractivity contribution in [2.24, 2.45) is 16.9 Å². The van der Waals surface area contributed by atoms with Crippen LogP contribution in [0.5, 0.6) is 0 Å². The monoisotopic (exact) mass is 483 g/mol. The van der Waals surface area contributed by atoms with Crippen LogP contribution in [0.1, 0.15) is 51.0 Å². The molecule has 5 amide bonds. The van der Waals surface area contributed by atoms with Gasteiger partial charge in [-0.15, -0.1) is 0 Å². The fraction of sp³-hybridized carbons (Fsp3) is 0.520. The average Bonchev–Trinajstić information content (AvgIpc) is 2.82. The fourth-order valence-corrected chi connectivity index (χ4v) is 5.23. The number of rotatable bonds is 6. The molecule has 2 aliphatic heterocycles. The van der Waals surface area contributed by atoms with Crippen molar-refractivity contribution in [3.63, 3.8) is 0 Å². The van der Waals surface area contributed by atoms with Gasteiger partial charge in [-0.2, -0.15) is 0 Å². The highest BCUT2D eigenvalue weighted by Gasteiger charge is 2.51. The quantitative estimate of drug-likeness (QED) is 0.467. The first-order valence-corrected chi connectivity index (χ1v) is 12.2. The van der Waals surface area contributed by atoms with E-state index in [0.717, 1.165) is 29.7 Å². The van der Waals surface area contributed by atoms with Crippen molar-refractivity contribution in [3.8, 4) is 0 Å². The van der Waals surface area contributed by atoms with E-state index in [0.29, 0.717) is 32.4 Å². The SMILES string of the molecule is CCCCN1C(=O)C(=C(N)N)C(=O)N(C2CCC3(CC2)CN(C(=O)OCc2ccccc2)C3)C1=O. The zero-order valence-electron chi connectivity index (χ0n) is 20.1. The number of barbiturate groups is 1. The van der Waals surface area contributed by atoms with E-state index in [-0.39, 0.29) is 42.1 Å². The molecular weight excluding hydrogens is 450 g/mol. The van der Waals surface area contributed by atoms with Gasteiger partial charge in [0.05, 0.1) is 0 Å². The number of amides is 5. The third-order valence-electron chi connectivity index (χ3n) is 7.25. The number of ether oxygens (including phenoxy) is 1. The Bertz CT molecular complexity index is 1020. The third kappa shape index (κ3) is 4.82. The number of nitrogens with zero attached hydrogens (tertiary/aromatic N) is 3. The molecule has 10 nitrogen and oxygen atoms in total. The Morgan fingerprint density at radius 1 is 1.06 bits per heavy atom. The van der Waals surface area contributed by atoms with Crippen molar-refractivity contribution in [1.29, 1.82) is 0 Å². The number of carbonyl (C=O) groups is 4. The molecule has 4 rings (SSSR count). The molecule has 0 atom stereocenters. The van der Waals surface area contributed by atoms with E-state index >= 15 is 0 Å². The minimum atomic E-state index is -0.722. The molecule has 3 aliphatic rings. The van der Waals surface area contributed by atoms with Crippen molar-refractivity contribution in [2.45, 2.75) is 58.1 Å². The molecule has 1 saturated carbocycles. The van der Waals surface area contributed by atoms with Gasteiger partial charge in [0.1, 0.15) is 18.0 Å². The zero-order valence-corrected chi connectivity index (χ0v) is 20.1. The van der Waals surface area contributed by atoms with Crippen LogP contribution < -0.4 is 11.5 Å². The third-order valence-corrected chi connectivity index (χ3v) is 7.25. The summed E-state index contributed by atoms with van der Waals surface area (Å²) >= 11 is 0. The Morgan fingerprint density at radius 3 is 2.31 bits per heavy atom. The Kier molecular flexibility index (Phi) is 7.00. The second-order valence-corrected chi connectivity index (χ2v) is 9.73. The number of imide groups is 2. The van der Waals surface area contributed by atoms with Crippen LogP contribution in [0.3, 0.4) is 0 Å². The van der Waals surface area contributed by atoms with Gasteiger partial charge < -0.3 is 21.1 Å². The molecule has 1 spiro atoms. The van der Waals surface area contributed by atoms with Gasteiger partial charge in [0.2, 0.25) is 0 Å². The van der Waals surface area contributed by atoms with Crippen molar-refractivity contribution in [2.75, 3.05) is 19.6 Å². The van der Waals surface area contributed by atoms with Crippen molar-refractivity contribution < 1.29 is 23.9 Å². The van der Waals surface area contributed by atoms with Crippen LogP contribution >= 0.6 is 0 Å². The number of hydrogen-bond acceptors (Lipinski definition) is 7. The molecule has 10 heteroatoms. The molecule has 0 radical (unpaired) electrons. The van der Waals surface area contributed by atoms with Gasteiger partial charge in [-0.25, -0.2) is 9.59 Å². The molecule has 188 valence electrons. The standard InChI is InChI=1S/C25H33N5O5/c1-2-3-13-29-21(31)19(20(26)27)22(32)30(23(29)33)18-9-11-25(12-10-18)15-28(16-25)24(34)35-14-17-7-5-4-6-8-17/h4-8,18H,2-3,9-16,26-27H2,1H3. The Labute approximate surface area is 204 Å². The van der Waals surface area contributed by atoms with E-state index in [1.54, 1.807) is 4.90 Å². The number of likely N-dealkylation sites (tertiary alicyclic amines) is 1. The molecule has 1 aromatic carbocycles. The lowest BCUT2D eigenvalue weighted by atomic mass is 9.67. The molecule has 2 saturated heterocycles. The summed E-state index contributed by atoms with van der Waals surface area (Å²) in [7, 11) is 0. The van der Waals surface area contributed by atoms with Gasteiger partial charge in [-0.05, 0) is 37.7 Å². The van der Waals surface area contributed by atoms with E-state index in [9.17, 15) is 19.2 Å². The van der Waals surface area contributed by atoms with Crippen LogP contribution in [0.25, 0.3) is 0 Å². The summed E-state index contributed by atoms with van der Waals surface area (Å²) in [5, 5.41) is 0. The lowest BCUT2D eigenvalue weighted by molar-refractivity contribution is -0.138. The molecule has 0 unspecified atom stereocenters. The molecule has 4 N–H and O–H groups in total. The van der Waals surface area contributed by atoms with Crippen LogP contribution in [-0.4, -0.2) is 64.3 Å². The summed E-state index contributed by atoms with van der Waals surface area (Å²) in [4.78, 5) is 55.3. The predicted octanol–water partition coefficient (Wildman–Crippen LogP) is 2.29. The molecule has 0 aromatic heterocycles. The van der Waals surface area contributed by atoms with Gasteiger partial charge in [-0.1, -0.05) is 43.7 Å². The number of benzene rings is 1. The normalized spacial score (nSPS) is 20.3. The average molecular weight is 484 g/mol. The van der Waals surface area contributed by atoms with Gasteiger partial charge in [0.15, 0.2) is 0 Å². The van der Waals surface area contributed by atoms with Crippen LogP contribution in [0.15, 0.2) is 41.7 Å². The molecular formula is C25H33N5O5. The lowest BCUT2D eigenvalue weighted by Crippen LogP contribution is -2.64. The van der Waals surface area contributed by atoms with Gasteiger partial charge in [-0.3, -0.25) is 19.4 Å². The summed E-state index contributed by atoms with van der Waals surface area (Å²) < 4.78 is 5.42. The Hall–Kier alpha value is -3.56. The van der Waals surface area contributed by atoms with Gasteiger partial charge in [0.25, 0.3) is 11.8 Å². The number of urea groups is 1. The van der Waals surface area contributed by atoms with Gasteiger partial charge in [0, 0.05) is 31.1 Å². The summed E-state index contributed by atoms with van der Waals surface area (Å²) in [5.74, 6) is -1.80. The maximum absolute atomic E-state index is 13.1. The minimum absolute atomic E-state index is 0.0343. The van der Waals surface area contributed by atoms with E-state index in [1.165, 1.54) is 4.90 Å². The summed E-state index contributed by atoms with van der Waals surface area (Å²) in [6.07, 6.45) is 3.80. The van der Waals surface area contributed by atoms with Crippen molar-refractivity contribution in [3.05, 3.63) is 47.3 Å². The van der Waals surface area contributed by atoms with Crippen LogP contribution in [0, 0.1) is 5.41 Å². The molecule has 2 heterocycles. The Morgan fingerprint density at radius 2 is 1.71 bits per heavy atom. The van der Waals surface area contributed by atoms with E-state index in [2.05, 4.69) is 0 Å². The smallest absolute Gasteiger partial charge is 0.410 e. The highest BCUT2D eigenvalue weighted by Crippen LogP contribution is 2.45. The van der Waals surface area contributed by atoms with Crippen LogP contribution in [0.4, 0.5) is 9.59 Å². The first-order valence-electron chi connectivity index (χ1n) is 12.2. The second kappa shape index (κ2) is 9.97. The minimum Gasteiger partial charge on any atom is -0.445 e. The predicted molar refractivity (Wildman–Crippen MR) is 127 cm³/mol. The first kappa shape index (κ1) is 24.6. The molecule has 35 heavy (non-hydrogen) atoms. The maximum Gasteiger partial charge on any atom is 0.410 e. The molecule has 1 aliphatic carbocycles. The number of nitrogens with two attached hydrogens (primary N) is 2. The number of hydrogen-bond donors (Lipinski definition) is 2. The van der Waals surface area contributed by atoms with E-state index < -0.39 is 17.8 Å². The Balaban J connectivity index is 1.35. The van der Waals surface area contributed by atoms with E-state index in [4.69, 9.17) is 16.2 Å². The first-order chi connectivity index (χ1) is 16.8. The highest BCUT2D eigenvalue weighted by molar-refractivity contribution is 6.29. The molecule has 3 fully saturated rings. The van der Waals surface area contributed by atoms with Crippen molar-refractivity contribution >= 4 is 23.9 Å². The topological polar surface area (TPSA) is 139 Å². The fourth-order valence-electron chi connectivity index (χ4n) is 5.23. The van der Waals surface area contributed by atoms with Crippen LogP contribution in [0.2, 0.25) is 0 Å². The summed E-state index contributed by atoms with van der Waals surface area (Å²) in [6, 6.07) is 8.59. The zero-order chi connectivity index (χ0) is 25.2. The second-order valence-electron chi connectivity index (χ2n) is 9.73. The largest absolute Gasteiger partial charge is 0.445 e. The van der Waals surface area contributed by atoms with Gasteiger partial charge >= 0.3 is 12.1 Å². The summed E-state index contributed by atoms with van der Waals surface area (Å²) in [6.45, 7) is 3.59. The number of unbranched alkanes of at least 4 members (excludes halogenated alkanes) is 1. The highest BCUT2D eigenvalue weighted by atomic mass is 16.6. The lowest BCUT2D eigenvalue weighted by Gasteiger charge is -2.53. The van der Waals surface area contributed by atoms with Crippen molar-refractivity contribution in [1.82, 2.24) is 14.7 Å². The van der Waals surface area contributed by atoms with Crippen LogP contribution in [-0.2, 0) is 20.9 Å². The summed E-state index contributed by atoms with van der Waals surface area (Å²) in [5.41, 5.74) is 11.9. The molecule has 1 aromatic rings.